The molecule has 0 aliphatic heterocycles. The lowest BCUT2D eigenvalue weighted by molar-refractivity contribution is 0.163. The van der Waals surface area contributed by atoms with Gasteiger partial charge >= 0.3 is 0 Å². The molecule has 20 heavy (non-hydrogen) atoms. The Labute approximate surface area is 125 Å². The molecule has 1 aromatic carbocycles. The van der Waals surface area contributed by atoms with E-state index in [1.54, 1.807) is 0 Å². The quantitative estimate of drug-likeness (QED) is 0.827. The van der Waals surface area contributed by atoms with Crippen molar-refractivity contribution in [3.05, 3.63) is 35.4 Å². The van der Waals surface area contributed by atoms with E-state index >= 15 is 0 Å². The van der Waals surface area contributed by atoms with E-state index < -0.39 is 0 Å². The van der Waals surface area contributed by atoms with E-state index in [9.17, 15) is 0 Å². The normalized spacial score (nSPS) is 20.8. The van der Waals surface area contributed by atoms with Gasteiger partial charge in [0, 0.05) is 6.04 Å². The summed E-state index contributed by atoms with van der Waals surface area (Å²) in [6, 6.07) is 9.84. The van der Waals surface area contributed by atoms with Crippen LogP contribution in [0.3, 0.4) is 0 Å². The Balaban J connectivity index is 1.94. The molecule has 1 nitrogen and oxygen atoms in total. The molecule has 1 unspecified atom stereocenters. The predicted octanol–water partition coefficient (Wildman–Crippen LogP) is 4.60. The van der Waals surface area contributed by atoms with Crippen molar-refractivity contribution in [1.82, 2.24) is 5.32 Å². The Kier molecular flexibility index (Phi) is 5.26. The molecule has 0 saturated heterocycles. The van der Waals surface area contributed by atoms with Gasteiger partial charge in [0.2, 0.25) is 0 Å². The van der Waals surface area contributed by atoms with Gasteiger partial charge in [0.05, 0.1) is 0 Å². The van der Waals surface area contributed by atoms with E-state index in [-0.39, 0.29) is 0 Å². The summed E-state index contributed by atoms with van der Waals surface area (Å²) < 4.78 is 0. The van der Waals surface area contributed by atoms with Crippen LogP contribution in [0.15, 0.2) is 24.3 Å². The summed E-state index contributed by atoms with van der Waals surface area (Å²) in [7, 11) is 2.13. The van der Waals surface area contributed by atoms with Crippen LogP contribution in [0.5, 0.6) is 0 Å². The third-order valence-electron chi connectivity index (χ3n) is 5.21. The Bertz CT molecular complexity index is 394. The predicted molar refractivity (Wildman–Crippen MR) is 88.1 cm³/mol. The zero-order chi connectivity index (χ0) is 14.6. The highest BCUT2D eigenvalue weighted by Gasteiger charge is 2.30. The van der Waals surface area contributed by atoms with Crippen molar-refractivity contribution in [2.45, 2.75) is 65.3 Å². The minimum absolute atomic E-state index is 0.567. The second-order valence-corrected chi connectivity index (χ2v) is 7.27. The summed E-state index contributed by atoms with van der Waals surface area (Å²) in [6.45, 7) is 7.05. The SMILES string of the molecule is CCc1ccc(CC(NC)C2CCC(C)(C)CC2)cc1. The summed E-state index contributed by atoms with van der Waals surface area (Å²) in [5.74, 6) is 0.846. The van der Waals surface area contributed by atoms with Crippen LogP contribution in [0.2, 0.25) is 0 Å². The van der Waals surface area contributed by atoms with Crippen molar-refractivity contribution in [3.8, 4) is 0 Å². The average molecular weight is 273 g/mol. The lowest BCUT2D eigenvalue weighted by Gasteiger charge is -2.38. The van der Waals surface area contributed by atoms with Crippen molar-refractivity contribution in [2.75, 3.05) is 7.05 Å². The fourth-order valence-corrected chi connectivity index (χ4v) is 3.49. The minimum atomic E-state index is 0.567. The van der Waals surface area contributed by atoms with Gasteiger partial charge in [-0.15, -0.1) is 0 Å². The van der Waals surface area contributed by atoms with Crippen LogP contribution < -0.4 is 5.32 Å². The number of rotatable bonds is 5. The molecule has 1 aromatic rings. The largest absolute Gasteiger partial charge is 0.316 e. The zero-order valence-corrected chi connectivity index (χ0v) is 13.7. The second kappa shape index (κ2) is 6.76. The highest BCUT2D eigenvalue weighted by molar-refractivity contribution is 5.23. The Morgan fingerprint density at radius 3 is 2.15 bits per heavy atom. The first-order valence-electron chi connectivity index (χ1n) is 8.29. The molecule has 0 bridgehead atoms. The Hall–Kier alpha value is -0.820. The van der Waals surface area contributed by atoms with E-state index in [0.717, 1.165) is 12.3 Å². The molecule has 1 heteroatoms. The third kappa shape index (κ3) is 4.09. The molecule has 0 amide bonds. The highest BCUT2D eigenvalue weighted by atomic mass is 14.9. The number of hydrogen-bond acceptors (Lipinski definition) is 1. The van der Waals surface area contributed by atoms with Gasteiger partial charge in [-0.3, -0.25) is 0 Å². The van der Waals surface area contributed by atoms with Crippen molar-refractivity contribution in [2.24, 2.45) is 11.3 Å². The third-order valence-corrected chi connectivity index (χ3v) is 5.21. The zero-order valence-electron chi connectivity index (χ0n) is 13.7. The summed E-state index contributed by atoms with van der Waals surface area (Å²) in [5.41, 5.74) is 3.48. The van der Waals surface area contributed by atoms with Crippen LogP contribution in [0.25, 0.3) is 0 Å². The summed E-state index contributed by atoms with van der Waals surface area (Å²) in [6.07, 6.45) is 7.82. The van der Waals surface area contributed by atoms with E-state index in [4.69, 9.17) is 0 Å². The van der Waals surface area contributed by atoms with Crippen molar-refractivity contribution in [1.29, 1.82) is 0 Å². The Morgan fingerprint density at radius 2 is 1.65 bits per heavy atom. The number of likely N-dealkylation sites (N-methyl/N-ethyl adjacent to an activating group) is 1. The van der Waals surface area contributed by atoms with E-state index in [1.165, 1.54) is 43.2 Å². The molecule has 1 aliphatic rings. The van der Waals surface area contributed by atoms with Crippen LogP contribution in [0.4, 0.5) is 0 Å². The summed E-state index contributed by atoms with van der Waals surface area (Å²) >= 11 is 0. The molecule has 1 aliphatic carbocycles. The Morgan fingerprint density at radius 1 is 1.10 bits per heavy atom. The van der Waals surface area contributed by atoms with E-state index in [0.29, 0.717) is 11.5 Å². The van der Waals surface area contributed by atoms with Gasteiger partial charge in [-0.25, -0.2) is 0 Å². The van der Waals surface area contributed by atoms with Gasteiger partial charge in [-0.2, -0.15) is 0 Å². The fraction of sp³-hybridized carbons (Fsp3) is 0.684. The molecule has 0 radical (unpaired) electrons. The average Bonchev–Trinajstić information content (AvgIpc) is 2.46. The minimum Gasteiger partial charge on any atom is -0.316 e. The van der Waals surface area contributed by atoms with Gasteiger partial charge in [0.25, 0.3) is 0 Å². The van der Waals surface area contributed by atoms with Crippen LogP contribution in [0.1, 0.15) is 57.6 Å². The number of aryl methyl sites for hydroxylation is 1. The van der Waals surface area contributed by atoms with Crippen LogP contribution in [-0.2, 0) is 12.8 Å². The van der Waals surface area contributed by atoms with Gasteiger partial charge in [0.15, 0.2) is 0 Å². The van der Waals surface area contributed by atoms with Gasteiger partial charge in [-0.1, -0.05) is 45.0 Å². The molecular formula is C19H31N. The molecular weight excluding hydrogens is 242 g/mol. The first-order chi connectivity index (χ1) is 9.54. The van der Waals surface area contributed by atoms with Crippen LogP contribution in [-0.4, -0.2) is 13.1 Å². The van der Waals surface area contributed by atoms with Crippen molar-refractivity contribution < 1.29 is 0 Å². The number of hydrogen-bond donors (Lipinski definition) is 1. The maximum atomic E-state index is 3.58. The standard InChI is InChI=1S/C19H31N/c1-5-15-6-8-16(9-7-15)14-18(20-4)17-10-12-19(2,3)13-11-17/h6-9,17-18,20H,5,10-14H2,1-4H3. The molecule has 112 valence electrons. The number of nitrogens with one attached hydrogen (secondary N) is 1. The van der Waals surface area contributed by atoms with Crippen molar-refractivity contribution >= 4 is 0 Å². The molecule has 2 rings (SSSR count). The molecule has 1 atom stereocenters. The van der Waals surface area contributed by atoms with Gasteiger partial charge in [-0.05, 0) is 68.0 Å². The molecule has 0 heterocycles. The van der Waals surface area contributed by atoms with Gasteiger partial charge < -0.3 is 5.32 Å². The monoisotopic (exact) mass is 273 g/mol. The molecule has 0 aromatic heterocycles. The van der Waals surface area contributed by atoms with Crippen LogP contribution in [0, 0.1) is 11.3 Å². The number of benzene rings is 1. The molecule has 1 fully saturated rings. The lowest BCUT2D eigenvalue weighted by atomic mass is 9.70. The molecule has 0 spiro atoms. The lowest BCUT2D eigenvalue weighted by Crippen LogP contribution is -2.38. The maximum absolute atomic E-state index is 3.58. The van der Waals surface area contributed by atoms with E-state index in [1.807, 2.05) is 0 Å². The maximum Gasteiger partial charge on any atom is 0.0133 e. The molecule has 1 N–H and O–H groups in total. The summed E-state index contributed by atoms with van der Waals surface area (Å²) in [4.78, 5) is 0. The van der Waals surface area contributed by atoms with E-state index in [2.05, 4.69) is 57.4 Å². The van der Waals surface area contributed by atoms with Crippen LogP contribution >= 0.6 is 0 Å². The smallest absolute Gasteiger partial charge is 0.0133 e. The van der Waals surface area contributed by atoms with Crippen molar-refractivity contribution in [3.63, 3.8) is 0 Å². The second-order valence-electron chi connectivity index (χ2n) is 7.27. The fourth-order valence-electron chi connectivity index (χ4n) is 3.49. The van der Waals surface area contributed by atoms with Gasteiger partial charge in [0.1, 0.15) is 0 Å². The topological polar surface area (TPSA) is 12.0 Å². The summed E-state index contributed by atoms with van der Waals surface area (Å²) in [5, 5.41) is 3.58. The highest BCUT2D eigenvalue weighted by Crippen LogP contribution is 2.39. The molecule has 1 saturated carbocycles. The first-order valence-corrected chi connectivity index (χ1v) is 8.29. The first kappa shape index (κ1) is 15.6.